The minimum atomic E-state index is -0.933. The number of hydrogen-bond donors (Lipinski definition) is 3. The number of carbonyl (C=O) groups excluding carboxylic acids is 1. The van der Waals surface area contributed by atoms with Crippen molar-refractivity contribution in [3.63, 3.8) is 0 Å². The highest BCUT2D eigenvalue weighted by Crippen LogP contribution is 2.25. The summed E-state index contributed by atoms with van der Waals surface area (Å²) < 4.78 is 28.6. The number of rotatable bonds is 9. The highest BCUT2D eigenvalue weighted by molar-refractivity contribution is 6.45. The number of aryl methyl sites for hydroxylation is 1. The zero-order valence-electron chi connectivity index (χ0n) is 22.0. The first-order valence-corrected chi connectivity index (χ1v) is 11.9. The van der Waals surface area contributed by atoms with Crippen molar-refractivity contribution in [3.05, 3.63) is 77.1 Å². The molecule has 1 amide bonds. The molecule has 2 aromatic rings. The van der Waals surface area contributed by atoms with Gasteiger partial charge in [-0.15, -0.1) is 0 Å². The van der Waals surface area contributed by atoms with E-state index in [9.17, 15) is 13.6 Å². The Morgan fingerprint density at radius 2 is 1.78 bits per heavy atom. The van der Waals surface area contributed by atoms with Gasteiger partial charge >= 0.3 is 0 Å². The summed E-state index contributed by atoms with van der Waals surface area (Å²) in [6, 6.07) is 8.53. The Morgan fingerprint density at radius 3 is 2.39 bits per heavy atom. The van der Waals surface area contributed by atoms with E-state index in [0.29, 0.717) is 22.7 Å². The van der Waals surface area contributed by atoms with Gasteiger partial charge in [-0.2, -0.15) is 0 Å². The Bertz CT molecular complexity index is 1210. The number of hydrogen-bond acceptors (Lipinski definition) is 4. The normalized spacial score (nSPS) is 13.6. The summed E-state index contributed by atoms with van der Waals surface area (Å²) in [4.78, 5) is 21.4. The summed E-state index contributed by atoms with van der Waals surface area (Å²) in [6.07, 6.45) is 5.74. The number of amides is 1. The van der Waals surface area contributed by atoms with E-state index < -0.39 is 11.6 Å². The van der Waals surface area contributed by atoms with Crippen LogP contribution in [0.1, 0.15) is 62.5 Å². The van der Waals surface area contributed by atoms with Gasteiger partial charge in [-0.05, 0) is 82.5 Å². The molecule has 0 heterocycles. The van der Waals surface area contributed by atoms with Gasteiger partial charge in [0.05, 0.1) is 11.4 Å². The van der Waals surface area contributed by atoms with Gasteiger partial charge in [0.1, 0.15) is 0 Å². The lowest BCUT2D eigenvalue weighted by Crippen LogP contribution is -2.32. The standard InChI is InChI=1S/C28H35F2N5O/c1-8-14-32-27(35-21-10-11-23(17(3)15-21)28(36)34-19(5)9-2)20(6)33-16-18(4)22-12-13-24(31-7)26(30)25(22)29/h8,10-16,19,31H,9H2,1-7H3,(H,32,35)(H,34,36)/b14-8-,18-16+,33-20?. The number of benzene rings is 2. The van der Waals surface area contributed by atoms with Crippen LogP contribution in [0.5, 0.6) is 0 Å². The molecular formula is C28H35F2N5O. The van der Waals surface area contributed by atoms with E-state index in [1.165, 1.54) is 25.4 Å². The molecule has 0 aromatic heterocycles. The fourth-order valence-electron chi connectivity index (χ4n) is 3.27. The zero-order valence-corrected chi connectivity index (χ0v) is 22.0. The minimum Gasteiger partial charge on any atom is -0.386 e. The summed E-state index contributed by atoms with van der Waals surface area (Å²) >= 11 is 0. The molecule has 0 spiro atoms. The first kappa shape index (κ1) is 28.4. The van der Waals surface area contributed by atoms with Crippen LogP contribution in [0.2, 0.25) is 0 Å². The van der Waals surface area contributed by atoms with E-state index in [-0.39, 0.29) is 23.2 Å². The third-order valence-corrected chi connectivity index (χ3v) is 5.65. The SMILES string of the molecule is C/C=C\N=C(Nc1ccc(C(=O)NC(C)CC)c(C)c1)C(C)=N/C=C(\C)c1ccc(NC)c(F)c1F. The number of nitrogens with one attached hydrogen (secondary N) is 3. The molecule has 0 aliphatic rings. The first-order chi connectivity index (χ1) is 17.1. The maximum atomic E-state index is 14.5. The van der Waals surface area contributed by atoms with Gasteiger partial charge in [-0.25, -0.2) is 13.8 Å². The van der Waals surface area contributed by atoms with Gasteiger partial charge in [0.15, 0.2) is 17.5 Å². The van der Waals surface area contributed by atoms with Crippen LogP contribution in [-0.4, -0.2) is 30.5 Å². The molecule has 0 fully saturated rings. The average molecular weight is 496 g/mol. The van der Waals surface area contributed by atoms with E-state index in [0.717, 1.165) is 17.7 Å². The summed E-state index contributed by atoms with van der Waals surface area (Å²) in [7, 11) is 1.53. The largest absolute Gasteiger partial charge is 0.386 e. The molecule has 1 unspecified atom stereocenters. The highest BCUT2D eigenvalue weighted by Gasteiger charge is 2.15. The van der Waals surface area contributed by atoms with Crippen LogP contribution in [0.4, 0.5) is 20.2 Å². The van der Waals surface area contributed by atoms with Gasteiger partial charge in [-0.3, -0.25) is 9.79 Å². The maximum Gasteiger partial charge on any atom is 0.251 e. The molecule has 6 nitrogen and oxygen atoms in total. The van der Waals surface area contributed by atoms with Crippen molar-refractivity contribution in [2.45, 2.75) is 54.0 Å². The molecule has 0 bridgehead atoms. The summed E-state index contributed by atoms with van der Waals surface area (Å²) in [6.45, 7) is 11.1. The summed E-state index contributed by atoms with van der Waals surface area (Å²) in [5, 5.41) is 8.83. The Balaban J connectivity index is 2.30. The topological polar surface area (TPSA) is 77.9 Å². The van der Waals surface area contributed by atoms with Crippen LogP contribution in [0.25, 0.3) is 5.57 Å². The number of amidine groups is 1. The van der Waals surface area contributed by atoms with Crippen molar-refractivity contribution in [1.82, 2.24) is 5.32 Å². The second kappa shape index (κ2) is 13.3. The van der Waals surface area contributed by atoms with Crippen LogP contribution < -0.4 is 16.0 Å². The van der Waals surface area contributed by atoms with E-state index >= 15 is 0 Å². The third-order valence-electron chi connectivity index (χ3n) is 5.65. The highest BCUT2D eigenvalue weighted by atomic mass is 19.2. The second-order valence-electron chi connectivity index (χ2n) is 8.46. The molecular weight excluding hydrogens is 460 g/mol. The molecule has 0 saturated heterocycles. The summed E-state index contributed by atoms with van der Waals surface area (Å²) in [5.74, 6) is -1.50. The first-order valence-electron chi connectivity index (χ1n) is 11.9. The second-order valence-corrected chi connectivity index (χ2v) is 8.46. The number of anilines is 2. The van der Waals surface area contributed by atoms with Crippen LogP contribution >= 0.6 is 0 Å². The lowest BCUT2D eigenvalue weighted by atomic mass is 10.1. The minimum absolute atomic E-state index is 0.0902. The fraction of sp³-hybridized carbons (Fsp3) is 0.321. The maximum absolute atomic E-state index is 14.5. The number of halogens is 2. The molecule has 192 valence electrons. The van der Waals surface area contributed by atoms with Crippen LogP contribution in [-0.2, 0) is 0 Å². The lowest BCUT2D eigenvalue weighted by Gasteiger charge is -2.14. The fourth-order valence-corrected chi connectivity index (χ4v) is 3.27. The average Bonchev–Trinajstić information content (AvgIpc) is 2.86. The molecule has 8 heteroatoms. The Morgan fingerprint density at radius 1 is 1.08 bits per heavy atom. The molecule has 0 radical (unpaired) electrons. The Hall–Kier alpha value is -3.81. The van der Waals surface area contributed by atoms with Crippen molar-refractivity contribution < 1.29 is 13.6 Å². The molecule has 2 aromatic carbocycles. The number of nitrogens with zero attached hydrogens (tertiary/aromatic N) is 2. The molecule has 2 rings (SSSR count). The molecule has 0 saturated carbocycles. The van der Waals surface area contributed by atoms with E-state index in [4.69, 9.17) is 0 Å². The van der Waals surface area contributed by atoms with Gasteiger partial charge < -0.3 is 16.0 Å². The van der Waals surface area contributed by atoms with Crippen molar-refractivity contribution in [2.75, 3.05) is 17.7 Å². The quantitative estimate of drug-likeness (QED) is 0.267. The molecule has 0 aliphatic carbocycles. The molecule has 36 heavy (non-hydrogen) atoms. The predicted molar refractivity (Wildman–Crippen MR) is 147 cm³/mol. The van der Waals surface area contributed by atoms with Crippen molar-refractivity contribution >= 4 is 34.4 Å². The van der Waals surface area contributed by atoms with Crippen molar-refractivity contribution in [2.24, 2.45) is 9.98 Å². The number of carbonyl (C=O) groups is 1. The molecule has 3 N–H and O–H groups in total. The van der Waals surface area contributed by atoms with Gasteiger partial charge in [-0.1, -0.05) is 13.0 Å². The molecule has 0 aliphatic heterocycles. The van der Waals surface area contributed by atoms with E-state index in [2.05, 4.69) is 25.9 Å². The summed E-state index contributed by atoms with van der Waals surface area (Å²) in [5.41, 5.74) is 3.39. The smallest absolute Gasteiger partial charge is 0.251 e. The zero-order chi connectivity index (χ0) is 26.8. The van der Waals surface area contributed by atoms with Crippen LogP contribution in [0.3, 0.4) is 0 Å². The van der Waals surface area contributed by atoms with Gasteiger partial charge in [0.2, 0.25) is 0 Å². The van der Waals surface area contributed by atoms with Crippen LogP contribution in [0, 0.1) is 18.6 Å². The molecule has 1 atom stereocenters. The van der Waals surface area contributed by atoms with Crippen LogP contribution in [0.15, 0.2) is 58.8 Å². The van der Waals surface area contributed by atoms with E-state index in [1.807, 2.05) is 33.8 Å². The number of aliphatic imine (C=N–C) groups is 2. The lowest BCUT2D eigenvalue weighted by molar-refractivity contribution is 0.0938. The predicted octanol–water partition coefficient (Wildman–Crippen LogP) is 6.71. The van der Waals surface area contributed by atoms with Gasteiger partial charge in [0.25, 0.3) is 5.91 Å². The third kappa shape index (κ3) is 7.34. The monoisotopic (exact) mass is 495 g/mol. The van der Waals surface area contributed by atoms with Crippen molar-refractivity contribution in [1.29, 1.82) is 0 Å². The Kier molecular flexibility index (Phi) is 10.5. The number of allylic oxidation sites excluding steroid dienone is 2. The van der Waals surface area contributed by atoms with Crippen molar-refractivity contribution in [3.8, 4) is 0 Å². The van der Waals surface area contributed by atoms with E-state index in [1.54, 1.807) is 38.3 Å². The van der Waals surface area contributed by atoms with Gasteiger partial charge in [0, 0.05) is 42.3 Å². The Labute approximate surface area is 212 Å².